The van der Waals surface area contributed by atoms with Crippen LogP contribution in [0.5, 0.6) is 0 Å². The summed E-state index contributed by atoms with van der Waals surface area (Å²) >= 11 is 0. The number of hydrogen-bond donors (Lipinski definition) is 3. The van der Waals surface area contributed by atoms with E-state index >= 15 is 0 Å². The molecule has 7 nitrogen and oxygen atoms in total. The van der Waals surface area contributed by atoms with Crippen molar-refractivity contribution < 1.29 is 34.5 Å². The SMILES string of the molecule is [NH3+]COP(=O)([O-])OCC(O)CO. The molecule has 0 saturated heterocycles. The van der Waals surface area contributed by atoms with E-state index in [1.54, 1.807) is 0 Å². The van der Waals surface area contributed by atoms with Crippen molar-refractivity contribution in [2.24, 2.45) is 0 Å². The molecule has 0 amide bonds. The molecule has 0 aromatic carbocycles. The molecule has 2 atom stereocenters. The maximum Gasteiger partial charge on any atom is 0.272 e. The maximum absolute atomic E-state index is 10.6. The third-order valence-corrected chi connectivity index (χ3v) is 1.85. The third kappa shape index (κ3) is 5.62. The topological polar surface area (TPSA) is 127 Å². The highest BCUT2D eigenvalue weighted by molar-refractivity contribution is 7.45. The normalized spacial score (nSPS) is 18.7. The molecule has 0 rings (SSSR count). The summed E-state index contributed by atoms with van der Waals surface area (Å²) in [6, 6.07) is 0. The fourth-order valence-electron chi connectivity index (χ4n) is 0.379. The standard InChI is InChI=1S/C4H12NO6P/c5-3-11-12(8,9)10-2-4(7)1-6/h4,6-7H,1-3,5H2,(H,8,9). The Morgan fingerprint density at radius 1 is 1.58 bits per heavy atom. The summed E-state index contributed by atoms with van der Waals surface area (Å²) in [6.07, 6.45) is -1.22. The lowest BCUT2D eigenvalue weighted by Crippen LogP contribution is -2.51. The monoisotopic (exact) mass is 201 g/mol. The van der Waals surface area contributed by atoms with Gasteiger partial charge in [-0.05, 0) is 0 Å². The molecule has 0 aliphatic rings. The van der Waals surface area contributed by atoms with Crippen LogP contribution in [-0.4, -0.2) is 36.3 Å². The Balaban J connectivity index is 3.67. The van der Waals surface area contributed by atoms with Crippen LogP contribution in [0, 0.1) is 0 Å². The molecule has 12 heavy (non-hydrogen) atoms. The molecule has 74 valence electrons. The van der Waals surface area contributed by atoms with Crippen LogP contribution < -0.4 is 10.6 Å². The summed E-state index contributed by atoms with van der Waals surface area (Å²) in [7, 11) is -4.34. The molecule has 0 aliphatic heterocycles. The van der Waals surface area contributed by atoms with Crippen LogP contribution in [0.15, 0.2) is 0 Å². The molecular weight excluding hydrogens is 189 g/mol. The largest absolute Gasteiger partial charge is 0.756 e. The molecule has 0 saturated carbocycles. The number of phosphoric acid groups is 1. The predicted molar refractivity (Wildman–Crippen MR) is 35.5 cm³/mol. The van der Waals surface area contributed by atoms with Gasteiger partial charge in [-0.15, -0.1) is 0 Å². The molecular formula is C4H12NO6P. The van der Waals surface area contributed by atoms with Crippen molar-refractivity contribution in [3.8, 4) is 0 Å². The van der Waals surface area contributed by atoms with Gasteiger partial charge in [0.25, 0.3) is 7.82 Å². The van der Waals surface area contributed by atoms with E-state index in [4.69, 9.17) is 10.2 Å². The molecule has 0 aromatic heterocycles. The summed E-state index contributed by atoms with van der Waals surface area (Å²) in [6.45, 7) is -1.35. The van der Waals surface area contributed by atoms with Crippen molar-refractivity contribution in [2.45, 2.75) is 6.10 Å². The van der Waals surface area contributed by atoms with Gasteiger partial charge in [0.1, 0.15) is 6.10 Å². The Morgan fingerprint density at radius 3 is 2.58 bits per heavy atom. The molecule has 0 bridgehead atoms. The Morgan fingerprint density at radius 2 is 2.17 bits per heavy atom. The van der Waals surface area contributed by atoms with Crippen LogP contribution in [0.25, 0.3) is 0 Å². The highest BCUT2D eigenvalue weighted by Gasteiger charge is 2.11. The third-order valence-electron chi connectivity index (χ3n) is 0.885. The van der Waals surface area contributed by atoms with Crippen molar-refractivity contribution in [1.82, 2.24) is 0 Å². The van der Waals surface area contributed by atoms with Crippen molar-refractivity contribution >= 4 is 7.82 Å². The zero-order valence-electron chi connectivity index (χ0n) is 6.38. The first kappa shape index (κ1) is 12.0. The number of hydrogen-bond acceptors (Lipinski definition) is 6. The van der Waals surface area contributed by atoms with Gasteiger partial charge in [0.2, 0.25) is 0 Å². The van der Waals surface area contributed by atoms with E-state index in [1.807, 2.05) is 0 Å². The molecule has 0 aromatic rings. The molecule has 0 aliphatic carbocycles. The smallest absolute Gasteiger partial charge is 0.272 e. The van der Waals surface area contributed by atoms with Crippen LogP contribution >= 0.6 is 7.82 Å². The van der Waals surface area contributed by atoms with E-state index in [0.29, 0.717) is 0 Å². The molecule has 8 heteroatoms. The lowest BCUT2D eigenvalue weighted by molar-refractivity contribution is -0.422. The van der Waals surface area contributed by atoms with E-state index < -0.39 is 27.1 Å². The van der Waals surface area contributed by atoms with Gasteiger partial charge in [-0.3, -0.25) is 9.09 Å². The van der Waals surface area contributed by atoms with Gasteiger partial charge in [-0.25, -0.2) is 0 Å². The minimum absolute atomic E-state index is 0.268. The summed E-state index contributed by atoms with van der Waals surface area (Å²) in [5.74, 6) is 0. The molecule has 0 heterocycles. The number of aliphatic hydroxyl groups is 2. The average molecular weight is 201 g/mol. The first-order chi connectivity index (χ1) is 5.52. The number of quaternary nitrogens is 1. The summed E-state index contributed by atoms with van der Waals surface area (Å²) < 4.78 is 18.8. The number of rotatable bonds is 6. The van der Waals surface area contributed by atoms with E-state index in [1.165, 1.54) is 0 Å². The zero-order valence-corrected chi connectivity index (χ0v) is 7.27. The minimum Gasteiger partial charge on any atom is -0.756 e. The van der Waals surface area contributed by atoms with Crippen LogP contribution in [0.2, 0.25) is 0 Å². The summed E-state index contributed by atoms with van der Waals surface area (Å²) in [5, 5.41) is 17.0. The van der Waals surface area contributed by atoms with Crippen LogP contribution in [0.1, 0.15) is 0 Å². The molecule has 0 radical (unpaired) electrons. The number of phosphoric ester groups is 1. The van der Waals surface area contributed by atoms with Gasteiger partial charge >= 0.3 is 0 Å². The van der Waals surface area contributed by atoms with Gasteiger partial charge in [-0.2, -0.15) is 0 Å². The maximum atomic E-state index is 10.6. The van der Waals surface area contributed by atoms with Crippen molar-refractivity contribution in [2.75, 3.05) is 19.9 Å². The quantitative estimate of drug-likeness (QED) is 0.311. The van der Waals surface area contributed by atoms with Gasteiger partial charge in [-0.1, -0.05) is 0 Å². The fraction of sp³-hybridized carbons (Fsp3) is 1.00. The van der Waals surface area contributed by atoms with Crippen LogP contribution in [0.3, 0.4) is 0 Å². The van der Waals surface area contributed by atoms with Gasteiger partial charge in [0.05, 0.1) is 13.2 Å². The molecule has 2 unspecified atom stereocenters. The molecule has 0 spiro atoms. The predicted octanol–water partition coefficient (Wildman–Crippen LogP) is -2.96. The average Bonchev–Trinajstić information content (AvgIpc) is 2.00. The van der Waals surface area contributed by atoms with E-state index in [0.717, 1.165) is 0 Å². The van der Waals surface area contributed by atoms with Crippen LogP contribution in [-0.2, 0) is 13.6 Å². The van der Waals surface area contributed by atoms with E-state index in [-0.39, 0.29) is 6.73 Å². The van der Waals surface area contributed by atoms with Gasteiger partial charge in [0.15, 0.2) is 6.73 Å². The highest BCUT2D eigenvalue weighted by Crippen LogP contribution is 2.37. The van der Waals surface area contributed by atoms with Crippen LogP contribution in [0.4, 0.5) is 0 Å². The highest BCUT2D eigenvalue weighted by atomic mass is 31.2. The first-order valence-corrected chi connectivity index (χ1v) is 4.66. The number of aliphatic hydroxyl groups excluding tert-OH is 2. The Bertz CT molecular complexity index is 164. The molecule has 5 N–H and O–H groups in total. The van der Waals surface area contributed by atoms with Crippen molar-refractivity contribution in [3.05, 3.63) is 0 Å². The second-order valence-corrected chi connectivity index (χ2v) is 3.32. The second kappa shape index (κ2) is 5.60. The van der Waals surface area contributed by atoms with Crippen molar-refractivity contribution in [1.29, 1.82) is 0 Å². The second-order valence-electron chi connectivity index (χ2n) is 1.91. The Kier molecular flexibility index (Phi) is 5.60. The fourth-order valence-corrected chi connectivity index (χ4v) is 1.03. The van der Waals surface area contributed by atoms with E-state index in [2.05, 4.69) is 14.8 Å². The Labute approximate surface area is 69.3 Å². The summed E-state index contributed by atoms with van der Waals surface area (Å²) in [4.78, 5) is 10.6. The Hall–Kier alpha value is -0.0100. The minimum atomic E-state index is -4.34. The lowest BCUT2D eigenvalue weighted by atomic mass is 10.4. The molecule has 0 fully saturated rings. The zero-order chi connectivity index (χ0) is 9.61. The first-order valence-electron chi connectivity index (χ1n) is 3.20. The lowest BCUT2D eigenvalue weighted by Gasteiger charge is -2.21. The van der Waals surface area contributed by atoms with Gasteiger partial charge in [0, 0.05) is 0 Å². The van der Waals surface area contributed by atoms with Crippen molar-refractivity contribution in [3.63, 3.8) is 0 Å². The summed E-state index contributed by atoms with van der Waals surface area (Å²) in [5.41, 5.74) is 3.13. The van der Waals surface area contributed by atoms with E-state index in [9.17, 15) is 9.46 Å². The van der Waals surface area contributed by atoms with Gasteiger partial charge < -0.3 is 25.4 Å².